The molecule has 0 bridgehead atoms. The molecule has 0 amide bonds. The molecule has 1 aromatic rings. The van der Waals surface area contributed by atoms with Gasteiger partial charge in [0, 0.05) is 16.9 Å². The van der Waals surface area contributed by atoms with E-state index in [4.69, 9.17) is 5.11 Å². The number of rotatable bonds is 3. The summed E-state index contributed by atoms with van der Waals surface area (Å²) in [4.78, 5) is 10.6. The van der Waals surface area contributed by atoms with Crippen molar-refractivity contribution in [1.29, 1.82) is 0 Å². The monoisotopic (exact) mass is 297 g/mol. The highest BCUT2D eigenvalue weighted by atomic mass is 79.9. The van der Waals surface area contributed by atoms with E-state index >= 15 is 0 Å². The van der Waals surface area contributed by atoms with Crippen molar-refractivity contribution in [3.63, 3.8) is 0 Å². The van der Waals surface area contributed by atoms with Gasteiger partial charge in [-0.1, -0.05) is 34.1 Å². The first-order chi connectivity index (χ1) is 8.16. The Hall–Kier alpha value is -0.870. The zero-order valence-corrected chi connectivity index (χ0v) is 11.1. The molecule has 3 nitrogen and oxygen atoms in total. The number of carboxylic acids is 1. The first-order valence-corrected chi connectivity index (χ1v) is 6.65. The van der Waals surface area contributed by atoms with Crippen molar-refractivity contribution in [2.75, 3.05) is 6.54 Å². The van der Waals surface area contributed by atoms with Gasteiger partial charge >= 0.3 is 5.97 Å². The smallest absolute Gasteiger partial charge is 0.303 e. The van der Waals surface area contributed by atoms with Gasteiger partial charge in [-0.3, -0.25) is 4.79 Å². The highest BCUT2D eigenvalue weighted by Crippen LogP contribution is 2.31. The molecular weight excluding hydrogens is 282 g/mol. The third-order valence-corrected chi connectivity index (χ3v) is 3.98. The Morgan fingerprint density at radius 3 is 2.76 bits per heavy atom. The number of carboxylic acid groups (broad SMARTS) is 1. The van der Waals surface area contributed by atoms with E-state index in [-0.39, 0.29) is 12.3 Å². The van der Waals surface area contributed by atoms with Crippen LogP contribution in [-0.2, 0) is 4.79 Å². The van der Waals surface area contributed by atoms with Crippen molar-refractivity contribution >= 4 is 21.9 Å². The summed E-state index contributed by atoms with van der Waals surface area (Å²) in [5.41, 5.74) is 1.27. The average Bonchev–Trinajstić information content (AvgIpc) is 2.30. The summed E-state index contributed by atoms with van der Waals surface area (Å²) in [5.74, 6) is -0.428. The second-order valence-electron chi connectivity index (χ2n) is 4.52. The molecule has 1 fully saturated rings. The standard InChI is InChI=1S/C13H16BrNO2/c14-11-4-2-1-3-10(11)12-6-5-9(8-15-12)7-13(16)17/h1-4,9,12,15H,5-8H2,(H,16,17). The molecule has 1 heterocycles. The van der Waals surface area contributed by atoms with Crippen LogP contribution in [0.1, 0.15) is 30.9 Å². The quantitative estimate of drug-likeness (QED) is 0.902. The molecular formula is C13H16BrNO2. The number of hydrogen-bond donors (Lipinski definition) is 2. The lowest BCUT2D eigenvalue weighted by atomic mass is 9.89. The van der Waals surface area contributed by atoms with E-state index in [1.165, 1.54) is 5.56 Å². The van der Waals surface area contributed by atoms with E-state index in [9.17, 15) is 4.79 Å². The molecule has 1 aliphatic rings. The molecule has 0 spiro atoms. The van der Waals surface area contributed by atoms with Crippen molar-refractivity contribution in [2.24, 2.45) is 5.92 Å². The Balaban J connectivity index is 1.95. The number of piperidine rings is 1. The molecule has 1 aromatic carbocycles. The number of nitrogens with one attached hydrogen (secondary N) is 1. The van der Waals surface area contributed by atoms with Crippen molar-refractivity contribution in [2.45, 2.75) is 25.3 Å². The van der Waals surface area contributed by atoms with Crippen LogP contribution in [0.2, 0.25) is 0 Å². The fourth-order valence-electron chi connectivity index (χ4n) is 2.36. The summed E-state index contributed by atoms with van der Waals surface area (Å²) in [7, 11) is 0. The SMILES string of the molecule is O=C(O)CC1CCC(c2ccccc2Br)NC1. The van der Waals surface area contributed by atoms with Crippen molar-refractivity contribution in [1.82, 2.24) is 5.32 Å². The average molecular weight is 298 g/mol. The molecule has 92 valence electrons. The Labute approximate surface area is 109 Å². The van der Waals surface area contributed by atoms with Gasteiger partial charge in [-0.05, 0) is 36.9 Å². The van der Waals surface area contributed by atoms with E-state index in [0.29, 0.717) is 6.04 Å². The summed E-state index contributed by atoms with van der Waals surface area (Å²) >= 11 is 3.55. The number of hydrogen-bond acceptors (Lipinski definition) is 2. The predicted molar refractivity (Wildman–Crippen MR) is 69.9 cm³/mol. The van der Waals surface area contributed by atoms with Crippen LogP contribution in [-0.4, -0.2) is 17.6 Å². The second-order valence-corrected chi connectivity index (χ2v) is 5.38. The first-order valence-electron chi connectivity index (χ1n) is 5.86. The second kappa shape index (κ2) is 5.65. The van der Waals surface area contributed by atoms with Gasteiger partial charge in [0.25, 0.3) is 0 Å². The zero-order valence-electron chi connectivity index (χ0n) is 9.53. The Morgan fingerprint density at radius 2 is 2.18 bits per heavy atom. The summed E-state index contributed by atoms with van der Waals surface area (Å²) in [6, 6.07) is 8.53. The molecule has 0 aliphatic carbocycles. The lowest BCUT2D eigenvalue weighted by molar-refractivity contribution is -0.138. The van der Waals surface area contributed by atoms with Gasteiger partial charge in [-0.2, -0.15) is 0 Å². The van der Waals surface area contributed by atoms with Crippen LogP contribution in [0, 0.1) is 5.92 Å². The number of halogens is 1. The number of carbonyl (C=O) groups is 1. The summed E-state index contributed by atoms with van der Waals surface area (Å²) < 4.78 is 1.12. The van der Waals surface area contributed by atoms with Crippen molar-refractivity contribution < 1.29 is 9.90 Å². The van der Waals surface area contributed by atoms with Crippen LogP contribution in [0.4, 0.5) is 0 Å². The lowest BCUT2D eigenvalue weighted by Crippen LogP contribution is -2.34. The third-order valence-electron chi connectivity index (χ3n) is 3.26. The molecule has 0 saturated carbocycles. The molecule has 4 heteroatoms. The van der Waals surface area contributed by atoms with Gasteiger partial charge in [0.2, 0.25) is 0 Å². The van der Waals surface area contributed by atoms with Gasteiger partial charge in [-0.15, -0.1) is 0 Å². The summed E-state index contributed by atoms with van der Waals surface area (Å²) in [6.45, 7) is 0.790. The molecule has 2 N–H and O–H groups in total. The fraction of sp³-hybridized carbons (Fsp3) is 0.462. The van der Waals surface area contributed by atoms with E-state index in [1.807, 2.05) is 18.2 Å². The van der Waals surface area contributed by atoms with E-state index in [1.54, 1.807) is 0 Å². The van der Waals surface area contributed by atoms with Crippen LogP contribution in [0.15, 0.2) is 28.7 Å². The third kappa shape index (κ3) is 3.30. The van der Waals surface area contributed by atoms with Crippen LogP contribution in [0.5, 0.6) is 0 Å². The molecule has 0 radical (unpaired) electrons. The Kier molecular flexibility index (Phi) is 4.18. The van der Waals surface area contributed by atoms with Crippen LogP contribution >= 0.6 is 15.9 Å². The van der Waals surface area contributed by atoms with Gasteiger partial charge in [0.15, 0.2) is 0 Å². The van der Waals surface area contributed by atoms with E-state index < -0.39 is 5.97 Å². The van der Waals surface area contributed by atoms with E-state index in [2.05, 4.69) is 27.3 Å². The summed E-state index contributed by atoms with van der Waals surface area (Å²) in [5, 5.41) is 12.2. The summed E-state index contributed by atoms with van der Waals surface area (Å²) in [6.07, 6.45) is 2.25. The zero-order chi connectivity index (χ0) is 12.3. The molecule has 2 rings (SSSR count). The lowest BCUT2D eigenvalue weighted by Gasteiger charge is -2.30. The first kappa shape index (κ1) is 12.6. The van der Waals surface area contributed by atoms with Gasteiger partial charge in [-0.25, -0.2) is 0 Å². The maximum atomic E-state index is 10.6. The van der Waals surface area contributed by atoms with Crippen molar-refractivity contribution in [3.8, 4) is 0 Å². The predicted octanol–water partition coefficient (Wildman–Crippen LogP) is 2.96. The molecule has 2 unspecified atom stereocenters. The van der Waals surface area contributed by atoms with E-state index in [0.717, 1.165) is 23.9 Å². The molecule has 1 aliphatic heterocycles. The molecule has 0 aromatic heterocycles. The maximum Gasteiger partial charge on any atom is 0.303 e. The van der Waals surface area contributed by atoms with Gasteiger partial charge in [0.1, 0.15) is 0 Å². The van der Waals surface area contributed by atoms with Gasteiger partial charge < -0.3 is 10.4 Å². The molecule has 2 atom stereocenters. The maximum absolute atomic E-state index is 10.6. The topological polar surface area (TPSA) is 49.3 Å². The molecule has 17 heavy (non-hydrogen) atoms. The molecule has 1 saturated heterocycles. The highest BCUT2D eigenvalue weighted by Gasteiger charge is 2.24. The minimum Gasteiger partial charge on any atom is -0.481 e. The van der Waals surface area contributed by atoms with Crippen molar-refractivity contribution in [3.05, 3.63) is 34.3 Å². The minimum absolute atomic E-state index is 0.270. The van der Waals surface area contributed by atoms with Gasteiger partial charge in [0.05, 0.1) is 0 Å². The Morgan fingerprint density at radius 1 is 1.41 bits per heavy atom. The Bertz CT molecular complexity index is 400. The largest absolute Gasteiger partial charge is 0.481 e. The fourth-order valence-corrected chi connectivity index (χ4v) is 2.92. The van der Waals surface area contributed by atoms with Crippen LogP contribution in [0.3, 0.4) is 0 Å². The number of aliphatic carboxylic acids is 1. The minimum atomic E-state index is -0.698. The number of benzene rings is 1. The van der Waals surface area contributed by atoms with Crippen LogP contribution < -0.4 is 5.32 Å². The van der Waals surface area contributed by atoms with Crippen LogP contribution in [0.25, 0.3) is 0 Å². The highest BCUT2D eigenvalue weighted by molar-refractivity contribution is 9.10. The normalized spacial score (nSPS) is 24.5.